The molecule has 1 amide bonds. The summed E-state index contributed by atoms with van der Waals surface area (Å²) in [4.78, 5) is 31.0. The molecule has 0 radical (unpaired) electrons. The molecule has 1 aliphatic carbocycles. The predicted molar refractivity (Wildman–Crippen MR) is 90.1 cm³/mol. The molecule has 2 atom stereocenters. The van der Waals surface area contributed by atoms with E-state index in [2.05, 4.69) is 11.9 Å². The molecule has 1 aromatic carbocycles. The van der Waals surface area contributed by atoms with Gasteiger partial charge in [-0.1, -0.05) is 19.1 Å². The zero-order chi connectivity index (χ0) is 16.6. The highest BCUT2D eigenvalue weighted by Gasteiger charge is 2.35. The molecule has 1 saturated carbocycles. The molecule has 0 unspecified atom stereocenters. The molecule has 0 saturated heterocycles. The first-order valence-electron chi connectivity index (χ1n) is 8.21. The smallest absolute Gasteiger partial charge is 0.269 e. The van der Waals surface area contributed by atoms with Crippen molar-refractivity contribution in [1.29, 1.82) is 0 Å². The average molecular weight is 313 g/mol. The van der Waals surface area contributed by atoms with Gasteiger partial charge in [0.15, 0.2) is 0 Å². The van der Waals surface area contributed by atoms with Gasteiger partial charge in [0, 0.05) is 12.6 Å². The van der Waals surface area contributed by atoms with Crippen LogP contribution in [0.4, 0.5) is 0 Å². The Morgan fingerprint density at radius 3 is 2.74 bits per heavy atom. The van der Waals surface area contributed by atoms with Crippen molar-refractivity contribution in [3.63, 3.8) is 0 Å². The molecule has 2 aromatic rings. The zero-order valence-corrected chi connectivity index (χ0v) is 13.9. The van der Waals surface area contributed by atoms with Crippen molar-refractivity contribution < 1.29 is 4.79 Å². The Hall–Kier alpha value is -2.17. The van der Waals surface area contributed by atoms with Gasteiger partial charge in [-0.15, -0.1) is 0 Å². The zero-order valence-electron chi connectivity index (χ0n) is 13.9. The van der Waals surface area contributed by atoms with Crippen molar-refractivity contribution in [2.75, 3.05) is 6.54 Å². The number of fused-ring (bicyclic) bond motifs is 1. The Kier molecular flexibility index (Phi) is 4.20. The normalized spacial score (nSPS) is 20.0. The van der Waals surface area contributed by atoms with E-state index in [1.807, 2.05) is 43.0 Å². The fourth-order valence-electron chi connectivity index (χ4n) is 3.01. The minimum atomic E-state index is -0.236. The van der Waals surface area contributed by atoms with Crippen LogP contribution in [0, 0.1) is 11.8 Å². The number of carbonyl (C=O) groups is 1. The lowest BCUT2D eigenvalue weighted by molar-refractivity contribution is -0.133. The number of benzene rings is 1. The number of nitrogens with zero attached hydrogens (tertiary/aromatic N) is 3. The van der Waals surface area contributed by atoms with Crippen molar-refractivity contribution in [3.05, 3.63) is 40.8 Å². The molecule has 3 rings (SSSR count). The molecular formula is C18H23N3O2. The third-order valence-electron chi connectivity index (χ3n) is 4.70. The molecule has 1 aliphatic rings. The number of amides is 1. The summed E-state index contributed by atoms with van der Waals surface area (Å²) < 4.78 is 1.52. The van der Waals surface area contributed by atoms with Crippen LogP contribution >= 0.6 is 0 Å². The van der Waals surface area contributed by atoms with Crippen LogP contribution < -0.4 is 5.56 Å². The predicted octanol–water partition coefficient (Wildman–Crippen LogP) is 2.29. The summed E-state index contributed by atoms with van der Waals surface area (Å²) in [5.41, 5.74) is 1.20. The first kappa shape index (κ1) is 15.7. The summed E-state index contributed by atoms with van der Waals surface area (Å²) >= 11 is 0. The SMILES string of the molecule is CC(C)N(C[C@@H]1C[C@@H]1C)C(=O)Cn1c(=O)cnc2ccccc21. The number of hydrogen-bond acceptors (Lipinski definition) is 3. The number of hydrogen-bond donors (Lipinski definition) is 0. The summed E-state index contributed by atoms with van der Waals surface area (Å²) in [5.74, 6) is 1.30. The Labute approximate surface area is 135 Å². The maximum absolute atomic E-state index is 12.8. The molecule has 5 heteroatoms. The standard InChI is InChI=1S/C18H23N3O2/c1-12(2)20(10-14-8-13(14)3)18(23)11-21-16-7-5-4-6-15(16)19-9-17(21)22/h4-7,9,12-14H,8,10-11H2,1-3H3/t13-,14-/m0/s1. The van der Waals surface area contributed by atoms with E-state index in [9.17, 15) is 9.59 Å². The third kappa shape index (κ3) is 3.28. The van der Waals surface area contributed by atoms with Gasteiger partial charge in [-0.3, -0.25) is 14.2 Å². The van der Waals surface area contributed by atoms with E-state index < -0.39 is 0 Å². The Morgan fingerprint density at radius 2 is 2.09 bits per heavy atom. The van der Waals surface area contributed by atoms with Crippen LogP contribution in [0.5, 0.6) is 0 Å². The Morgan fingerprint density at radius 1 is 1.39 bits per heavy atom. The van der Waals surface area contributed by atoms with Gasteiger partial charge in [0.1, 0.15) is 6.54 Å². The van der Waals surface area contributed by atoms with E-state index in [1.54, 1.807) is 0 Å². The molecule has 0 spiro atoms. The summed E-state index contributed by atoms with van der Waals surface area (Å²) in [6, 6.07) is 7.55. The molecule has 122 valence electrons. The lowest BCUT2D eigenvalue weighted by atomic mass is 10.2. The highest BCUT2D eigenvalue weighted by molar-refractivity contribution is 5.80. The molecule has 23 heavy (non-hydrogen) atoms. The number of para-hydroxylation sites is 2. The Bertz CT molecular complexity index is 781. The van der Waals surface area contributed by atoms with Crippen LogP contribution in [0.15, 0.2) is 35.3 Å². The third-order valence-corrected chi connectivity index (χ3v) is 4.70. The molecular weight excluding hydrogens is 290 g/mol. The van der Waals surface area contributed by atoms with Gasteiger partial charge in [-0.25, -0.2) is 4.98 Å². The first-order valence-corrected chi connectivity index (χ1v) is 8.21. The van der Waals surface area contributed by atoms with Crippen LogP contribution in [0.2, 0.25) is 0 Å². The topological polar surface area (TPSA) is 55.2 Å². The van der Waals surface area contributed by atoms with E-state index >= 15 is 0 Å². The van der Waals surface area contributed by atoms with Crippen LogP contribution in [-0.2, 0) is 11.3 Å². The summed E-state index contributed by atoms with van der Waals surface area (Å²) in [6.45, 7) is 7.13. The minimum absolute atomic E-state index is 0.00227. The van der Waals surface area contributed by atoms with Crippen molar-refractivity contribution in [2.24, 2.45) is 11.8 Å². The average Bonchev–Trinajstić information content (AvgIpc) is 3.22. The van der Waals surface area contributed by atoms with Gasteiger partial charge in [0.25, 0.3) is 5.56 Å². The second-order valence-corrected chi connectivity index (χ2v) is 6.78. The molecule has 1 fully saturated rings. The first-order chi connectivity index (χ1) is 11.0. The molecule has 0 N–H and O–H groups in total. The summed E-state index contributed by atoms with van der Waals surface area (Å²) in [7, 11) is 0. The van der Waals surface area contributed by atoms with Crippen LogP contribution in [0.25, 0.3) is 11.0 Å². The lowest BCUT2D eigenvalue weighted by Gasteiger charge is -2.27. The number of rotatable bonds is 5. The molecule has 5 nitrogen and oxygen atoms in total. The molecule has 0 bridgehead atoms. The van der Waals surface area contributed by atoms with Crippen molar-refractivity contribution in [3.8, 4) is 0 Å². The minimum Gasteiger partial charge on any atom is -0.338 e. The van der Waals surface area contributed by atoms with E-state index in [-0.39, 0.29) is 24.1 Å². The monoisotopic (exact) mass is 313 g/mol. The van der Waals surface area contributed by atoms with Crippen molar-refractivity contribution in [1.82, 2.24) is 14.5 Å². The Balaban J connectivity index is 1.86. The van der Waals surface area contributed by atoms with Crippen LogP contribution in [0.3, 0.4) is 0 Å². The van der Waals surface area contributed by atoms with Gasteiger partial charge in [0.2, 0.25) is 5.91 Å². The lowest BCUT2D eigenvalue weighted by Crippen LogP contribution is -2.42. The largest absolute Gasteiger partial charge is 0.338 e. The van der Waals surface area contributed by atoms with Crippen LogP contribution in [0.1, 0.15) is 27.2 Å². The summed E-state index contributed by atoms with van der Waals surface area (Å²) in [6.07, 6.45) is 2.48. The van der Waals surface area contributed by atoms with Gasteiger partial charge in [-0.05, 0) is 44.2 Å². The fraction of sp³-hybridized carbons (Fsp3) is 0.500. The fourth-order valence-corrected chi connectivity index (χ4v) is 3.01. The van der Waals surface area contributed by atoms with Gasteiger partial charge < -0.3 is 4.90 Å². The van der Waals surface area contributed by atoms with Crippen LogP contribution in [-0.4, -0.2) is 32.9 Å². The van der Waals surface area contributed by atoms with E-state index in [0.717, 1.165) is 12.1 Å². The van der Waals surface area contributed by atoms with Gasteiger partial charge in [-0.2, -0.15) is 0 Å². The summed E-state index contributed by atoms with van der Waals surface area (Å²) in [5, 5.41) is 0. The molecule has 1 heterocycles. The highest BCUT2D eigenvalue weighted by atomic mass is 16.2. The van der Waals surface area contributed by atoms with Crippen molar-refractivity contribution >= 4 is 16.9 Å². The van der Waals surface area contributed by atoms with Crippen molar-refractivity contribution in [2.45, 2.75) is 39.8 Å². The van der Waals surface area contributed by atoms with E-state index in [0.29, 0.717) is 17.4 Å². The van der Waals surface area contributed by atoms with E-state index in [4.69, 9.17) is 0 Å². The maximum atomic E-state index is 12.8. The molecule has 0 aliphatic heterocycles. The quantitative estimate of drug-likeness (QED) is 0.851. The maximum Gasteiger partial charge on any atom is 0.269 e. The second-order valence-electron chi connectivity index (χ2n) is 6.78. The number of aromatic nitrogens is 2. The van der Waals surface area contributed by atoms with E-state index in [1.165, 1.54) is 17.2 Å². The van der Waals surface area contributed by atoms with Gasteiger partial charge >= 0.3 is 0 Å². The highest BCUT2D eigenvalue weighted by Crippen LogP contribution is 2.38. The second kappa shape index (κ2) is 6.14. The molecule has 1 aromatic heterocycles. The van der Waals surface area contributed by atoms with Gasteiger partial charge in [0.05, 0.1) is 17.2 Å². The number of carbonyl (C=O) groups excluding carboxylic acids is 1.